The van der Waals surface area contributed by atoms with Crippen molar-refractivity contribution in [2.24, 2.45) is 0 Å². The SMILES string of the molecule is CCC(=O)Nc1c(C)cc(S(=O)(=O)Cl)cc1C. The number of hydrogen-bond donors (Lipinski definition) is 1. The van der Waals surface area contributed by atoms with E-state index in [4.69, 9.17) is 10.7 Å². The Morgan fingerprint density at radius 3 is 2.12 bits per heavy atom. The molecule has 0 atom stereocenters. The number of anilines is 1. The minimum atomic E-state index is -3.74. The van der Waals surface area contributed by atoms with Crippen molar-refractivity contribution in [1.82, 2.24) is 0 Å². The van der Waals surface area contributed by atoms with Gasteiger partial charge in [0.15, 0.2) is 0 Å². The van der Waals surface area contributed by atoms with Gasteiger partial charge in [-0.2, -0.15) is 0 Å². The number of hydrogen-bond acceptors (Lipinski definition) is 3. The number of aryl methyl sites for hydroxylation is 2. The molecular weight excluding hydrogens is 262 g/mol. The van der Waals surface area contributed by atoms with Crippen molar-refractivity contribution < 1.29 is 13.2 Å². The second kappa shape index (κ2) is 5.06. The first-order valence-electron chi connectivity index (χ1n) is 5.11. The van der Waals surface area contributed by atoms with Gasteiger partial charge in [-0.1, -0.05) is 6.92 Å². The van der Waals surface area contributed by atoms with Gasteiger partial charge in [0.1, 0.15) is 0 Å². The zero-order valence-electron chi connectivity index (χ0n) is 9.87. The van der Waals surface area contributed by atoms with Gasteiger partial charge in [-0.25, -0.2) is 8.42 Å². The van der Waals surface area contributed by atoms with Gasteiger partial charge in [-0.3, -0.25) is 4.79 Å². The molecule has 0 radical (unpaired) electrons. The Labute approximate surface area is 105 Å². The summed E-state index contributed by atoms with van der Waals surface area (Å²) in [5, 5.41) is 2.73. The van der Waals surface area contributed by atoms with E-state index in [1.165, 1.54) is 12.1 Å². The molecule has 0 fully saturated rings. The lowest BCUT2D eigenvalue weighted by Crippen LogP contribution is -2.12. The molecule has 1 amide bonds. The summed E-state index contributed by atoms with van der Waals surface area (Å²) in [6, 6.07) is 2.89. The summed E-state index contributed by atoms with van der Waals surface area (Å²) in [4.78, 5) is 11.4. The second-order valence-electron chi connectivity index (χ2n) is 3.77. The second-order valence-corrected chi connectivity index (χ2v) is 6.34. The van der Waals surface area contributed by atoms with Crippen molar-refractivity contribution in [1.29, 1.82) is 0 Å². The molecule has 0 spiro atoms. The molecule has 0 aliphatic heterocycles. The Hall–Kier alpha value is -1.07. The maximum Gasteiger partial charge on any atom is 0.261 e. The van der Waals surface area contributed by atoms with Crippen molar-refractivity contribution >= 4 is 31.3 Å². The molecule has 0 saturated carbocycles. The number of nitrogens with one attached hydrogen (secondary N) is 1. The monoisotopic (exact) mass is 275 g/mol. The lowest BCUT2D eigenvalue weighted by atomic mass is 10.1. The van der Waals surface area contributed by atoms with E-state index in [1.54, 1.807) is 20.8 Å². The topological polar surface area (TPSA) is 63.2 Å². The van der Waals surface area contributed by atoms with Crippen molar-refractivity contribution in [3.63, 3.8) is 0 Å². The molecule has 1 aromatic carbocycles. The van der Waals surface area contributed by atoms with E-state index in [0.717, 1.165) is 0 Å². The smallest absolute Gasteiger partial charge is 0.261 e. The quantitative estimate of drug-likeness (QED) is 0.863. The maximum atomic E-state index is 11.3. The van der Waals surface area contributed by atoms with Crippen LogP contribution in [0.4, 0.5) is 5.69 Å². The number of rotatable bonds is 3. The fourth-order valence-electron chi connectivity index (χ4n) is 1.49. The van der Waals surface area contributed by atoms with Crippen LogP contribution in [0.1, 0.15) is 24.5 Å². The average Bonchev–Trinajstić information content (AvgIpc) is 2.21. The summed E-state index contributed by atoms with van der Waals surface area (Å²) < 4.78 is 22.4. The van der Waals surface area contributed by atoms with Gasteiger partial charge >= 0.3 is 0 Å². The van der Waals surface area contributed by atoms with Crippen LogP contribution in [0.3, 0.4) is 0 Å². The molecule has 0 heterocycles. The minimum Gasteiger partial charge on any atom is -0.326 e. The number of carbonyl (C=O) groups is 1. The largest absolute Gasteiger partial charge is 0.326 e. The van der Waals surface area contributed by atoms with E-state index in [9.17, 15) is 13.2 Å². The molecule has 94 valence electrons. The molecular formula is C11H14ClNO3S. The Balaban J connectivity index is 3.25. The Morgan fingerprint density at radius 2 is 1.76 bits per heavy atom. The lowest BCUT2D eigenvalue weighted by Gasteiger charge is -2.12. The Bertz CT molecular complexity index is 529. The van der Waals surface area contributed by atoms with Crippen LogP contribution in [0.5, 0.6) is 0 Å². The van der Waals surface area contributed by atoms with Crippen molar-refractivity contribution in [2.45, 2.75) is 32.1 Å². The molecule has 4 nitrogen and oxygen atoms in total. The number of halogens is 1. The van der Waals surface area contributed by atoms with Crippen LogP contribution in [0.25, 0.3) is 0 Å². The Morgan fingerprint density at radius 1 is 1.29 bits per heavy atom. The summed E-state index contributed by atoms with van der Waals surface area (Å²) in [6.45, 7) is 5.20. The predicted molar refractivity (Wildman–Crippen MR) is 67.9 cm³/mol. The van der Waals surface area contributed by atoms with Gasteiger partial charge in [0.2, 0.25) is 5.91 Å². The van der Waals surface area contributed by atoms with Gasteiger partial charge < -0.3 is 5.32 Å². The molecule has 0 saturated heterocycles. The highest BCUT2D eigenvalue weighted by Crippen LogP contribution is 2.26. The van der Waals surface area contributed by atoms with Crippen LogP contribution < -0.4 is 5.32 Å². The first kappa shape index (κ1) is 14.0. The lowest BCUT2D eigenvalue weighted by molar-refractivity contribution is -0.115. The minimum absolute atomic E-state index is 0.0451. The van der Waals surface area contributed by atoms with Crippen LogP contribution in [-0.2, 0) is 13.8 Å². The molecule has 0 aromatic heterocycles. The first-order chi connectivity index (χ1) is 7.75. The fourth-order valence-corrected chi connectivity index (χ4v) is 2.39. The van der Waals surface area contributed by atoms with Gasteiger partial charge in [0.25, 0.3) is 9.05 Å². The third kappa shape index (κ3) is 3.44. The highest BCUT2D eigenvalue weighted by atomic mass is 35.7. The van der Waals surface area contributed by atoms with Crippen LogP contribution in [0.15, 0.2) is 17.0 Å². The maximum absolute atomic E-state index is 11.3. The van der Waals surface area contributed by atoms with Crippen LogP contribution in [0, 0.1) is 13.8 Å². The third-order valence-corrected chi connectivity index (χ3v) is 3.71. The standard InChI is InChI=1S/C11H14ClNO3S/c1-4-10(14)13-11-7(2)5-9(6-8(11)3)17(12,15)16/h5-6H,4H2,1-3H3,(H,13,14). The van der Waals surface area contributed by atoms with Crippen LogP contribution in [0.2, 0.25) is 0 Å². The zero-order chi connectivity index (χ0) is 13.2. The molecule has 0 bridgehead atoms. The van der Waals surface area contributed by atoms with Crippen LogP contribution in [-0.4, -0.2) is 14.3 Å². The van der Waals surface area contributed by atoms with Gasteiger partial charge in [-0.15, -0.1) is 0 Å². The third-order valence-electron chi connectivity index (χ3n) is 2.37. The molecule has 1 N–H and O–H groups in total. The molecule has 6 heteroatoms. The van der Waals surface area contributed by atoms with E-state index in [1.807, 2.05) is 0 Å². The summed E-state index contributed by atoms with van der Waals surface area (Å²) >= 11 is 0. The van der Waals surface area contributed by atoms with E-state index < -0.39 is 9.05 Å². The summed E-state index contributed by atoms with van der Waals surface area (Å²) in [5.41, 5.74) is 1.98. The molecule has 17 heavy (non-hydrogen) atoms. The molecule has 1 aromatic rings. The van der Waals surface area contributed by atoms with Crippen molar-refractivity contribution in [2.75, 3.05) is 5.32 Å². The number of carbonyl (C=O) groups excluding carboxylic acids is 1. The summed E-state index contributed by atoms with van der Waals surface area (Å²) in [6.07, 6.45) is 0.369. The zero-order valence-corrected chi connectivity index (χ0v) is 11.4. The van der Waals surface area contributed by atoms with E-state index in [2.05, 4.69) is 5.32 Å². The highest BCUT2D eigenvalue weighted by molar-refractivity contribution is 8.13. The van der Waals surface area contributed by atoms with Gasteiger partial charge in [-0.05, 0) is 37.1 Å². The van der Waals surface area contributed by atoms with Crippen molar-refractivity contribution in [3.05, 3.63) is 23.3 Å². The number of amides is 1. The fraction of sp³-hybridized carbons (Fsp3) is 0.364. The van der Waals surface area contributed by atoms with Gasteiger partial charge in [0.05, 0.1) is 4.90 Å². The number of benzene rings is 1. The molecule has 0 unspecified atom stereocenters. The van der Waals surface area contributed by atoms with Crippen LogP contribution >= 0.6 is 10.7 Å². The van der Waals surface area contributed by atoms with E-state index in [-0.39, 0.29) is 10.8 Å². The molecule has 1 rings (SSSR count). The van der Waals surface area contributed by atoms with Gasteiger partial charge in [0, 0.05) is 22.8 Å². The van der Waals surface area contributed by atoms with E-state index in [0.29, 0.717) is 23.2 Å². The Kier molecular flexibility index (Phi) is 4.16. The predicted octanol–water partition coefficient (Wildman–Crippen LogP) is 2.58. The summed E-state index contributed by atoms with van der Waals surface area (Å²) in [7, 11) is 1.53. The molecule has 0 aliphatic carbocycles. The average molecular weight is 276 g/mol. The highest BCUT2D eigenvalue weighted by Gasteiger charge is 2.14. The molecule has 0 aliphatic rings. The summed E-state index contributed by atoms with van der Waals surface area (Å²) in [5.74, 6) is -0.113. The van der Waals surface area contributed by atoms with Crippen molar-refractivity contribution in [3.8, 4) is 0 Å². The first-order valence-corrected chi connectivity index (χ1v) is 7.42. The normalized spacial score (nSPS) is 11.3. The van der Waals surface area contributed by atoms with E-state index >= 15 is 0 Å².